The number of hydrogen-bond acceptors (Lipinski definition) is 1. The molecule has 1 N–H and O–H groups in total. The fourth-order valence-electron chi connectivity index (χ4n) is 1.86. The van der Waals surface area contributed by atoms with E-state index in [1.165, 1.54) is 9.13 Å². The Morgan fingerprint density at radius 1 is 1.05 bits per heavy atom. The minimum absolute atomic E-state index is 0.0527. The zero-order chi connectivity index (χ0) is 13.7. The fourth-order valence-corrected chi connectivity index (χ4v) is 2.22. The van der Waals surface area contributed by atoms with E-state index in [2.05, 4.69) is 77.5 Å². The SMILES string of the molecule is C=CC(=C)C(Nc1ccccc1)c1ccc(I)cc1. The third-order valence-corrected chi connectivity index (χ3v) is 3.64. The molecule has 0 aliphatic heterocycles. The predicted molar refractivity (Wildman–Crippen MR) is 91.3 cm³/mol. The molecule has 0 radical (unpaired) electrons. The summed E-state index contributed by atoms with van der Waals surface area (Å²) in [7, 11) is 0. The first-order chi connectivity index (χ1) is 9.20. The van der Waals surface area contributed by atoms with Crippen molar-refractivity contribution in [3.63, 3.8) is 0 Å². The molecule has 2 aromatic carbocycles. The number of rotatable bonds is 5. The van der Waals surface area contributed by atoms with Gasteiger partial charge in [-0.2, -0.15) is 0 Å². The monoisotopic (exact) mass is 361 g/mol. The van der Waals surface area contributed by atoms with Crippen LogP contribution in [0.2, 0.25) is 0 Å². The van der Waals surface area contributed by atoms with Crippen molar-refractivity contribution in [1.82, 2.24) is 0 Å². The molecule has 0 bridgehead atoms. The van der Waals surface area contributed by atoms with Crippen LogP contribution in [-0.4, -0.2) is 0 Å². The molecule has 2 heteroatoms. The molecule has 0 heterocycles. The molecule has 2 rings (SSSR count). The maximum Gasteiger partial charge on any atom is 0.0761 e. The van der Waals surface area contributed by atoms with Gasteiger partial charge in [0.1, 0.15) is 0 Å². The Bertz CT molecular complexity index is 558. The van der Waals surface area contributed by atoms with Gasteiger partial charge in [0, 0.05) is 9.26 Å². The van der Waals surface area contributed by atoms with Crippen molar-refractivity contribution in [2.75, 3.05) is 5.32 Å². The molecular formula is C17H16IN. The van der Waals surface area contributed by atoms with E-state index in [1.807, 2.05) is 18.2 Å². The molecule has 0 aromatic heterocycles. The van der Waals surface area contributed by atoms with Crippen molar-refractivity contribution >= 4 is 28.3 Å². The van der Waals surface area contributed by atoms with Crippen LogP contribution in [0.4, 0.5) is 5.69 Å². The Balaban J connectivity index is 2.28. The third kappa shape index (κ3) is 3.70. The van der Waals surface area contributed by atoms with E-state index in [4.69, 9.17) is 0 Å². The van der Waals surface area contributed by atoms with Crippen molar-refractivity contribution in [3.05, 3.63) is 88.5 Å². The lowest BCUT2D eigenvalue weighted by Crippen LogP contribution is -2.12. The van der Waals surface area contributed by atoms with Crippen molar-refractivity contribution in [1.29, 1.82) is 0 Å². The second-order valence-electron chi connectivity index (χ2n) is 4.27. The molecule has 0 amide bonds. The summed E-state index contributed by atoms with van der Waals surface area (Å²) in [4.78, 5) is 0. The van der Waals surface area contributed by atoms with Crippen LogP contribution in [0.5, 0.6) is 0 Å². The summed E-state index contributed by atoms with van der Waals surface area (Å²) in [6, 6.07) is 18.6. The Hall–Kier alpha value is -1.55. The third-order valence-electron chi connectivity index (χ3n) is 2.92. The van der Waals surface area contributed by atoms with Gasteiger partial charge in [-0.25, -0.2) is 0 Å². The average Bonchev–Trinajstić information content (AvgIpc) is 2.46. The maximum atomic E-state index is 4.09. The summed E-state index contributed by atoms with van der Waals surface area (Å²) < 4.78 is 1.23. The Labute approximate surface area is 128 Å². The normalized spacial score (nSPS) is 11.6. The van der Waals surface area contributed by atoms with E-state index in [-0.39, 0.29) is 6.04 Å². The molecule has 1 nitrogen and oxygen atoms in total. The van der Waals surface area contributed by atoms with Gasteiger partial charge in [-0.3, -0.25) is 0 Å². The quantitative estimate of drug-likeness (QED) is 0.571. The van der Waals surface area contributed by atoms with Crippen molar-refractivity contribution in [3.8, 4) is 0 Å². The minimum Gasteiger partial charge on any atom is -0.374 e. The minimum atomic E-state index is 0.0527. The van der Waals surface area contributed by atoms with Crippen LogP contribution in [0.1, 0.15) is 11.6 Å². The van der Waals surface area contributed by atoms with E-state index in [9.17, 15) is 0 Å². The largest absolute Gasteiger partial charge is 0.374 e. The van der Waals surface area contributed by atoms with Crippen LogP contribution in [-0.2, 0) is 0 Å². The number of halogens is 1. The maximum absolute atomic E-state index is 4.09. The molecule has 1 unspecified atom stereocenters. The van der Waals surface area contributed by atoms with Crippen LogP contribution < -0.4 is 5.32 Å². The first-order valence-electron chi connectivity index (χ1n) is 6.09. The van der Waals surface area contributed by atoms with Crippen molar-refractivity contribution in [2.45, 2.75) is 6.04 Å². The molecule has 0 aliphatic carbocycles. The number of hydrogen-bond donors (Lipinski definition) is 1. The molecule has 0 aliphatic rings. The van der Waals surface area contributed by atoms with Crippen LogP contribution >= 0.6 is 22.6 Å². The summed E-state index contributed by atoms with van der Waals surface area (Å²) in [5, 5.41) is 3.49. The molecule has 2 aromatic rings. The Kier molecular flexibility index (Phi) is 4.80. The molecule has 0 spiro atoms. The van der Waals surface area contributed by atoms with Gasteiger partial charge >= 0.3 is 0 Å². The number of nitrogens with one attached hydrogen (secondary N) is 1. The number of benzene rings is 2. The average molecular weight is 361 g/mol. The van der Waals surface area contributed by atoms with E-state index in [0.717, 1.165) is 11.3 Å². The van der Waals surface area contributed by atoms with Gasteiger partial charge in [0.05, 0.1) is 6.04 Å². The van der Waals surface area contributed by atoms with Crippen molar-refractivity contribution in [2.24, 2.45) is 0 Å². The predicted octanol–water partition coefficient (Wildman–Crippen LogP) is 5.19. The van der Waals surface area contributed by atoms with Gasteiger partial charge in [-0.15, -0.1) is 0 Å². The number of para-hydroxylation sites is 1. The van der Waals surface area contributed by atoms with Gasteiger partial charge in [0.15, 0.2) is 0 Å². The lowest BCUT2D eigenvalue weighted by atomic mass is 9.99. The summed E-state index contributed by atoms with van der Waals surface area (Å²) in [5.74, 6) is 0. The first-order valence-corrected chi connectivity index (χ1v) is 7.17. The highest BCUT2D eigenvalue weighted by molar-refractivity contribution is 14.1. The zero-order valence-electron chi connectivity index (χ0n) is 10.6. The van der Waals surface area contributed by atoms with Gasteiger partial charge in [-0.05, 0) is 58.0 Å². The second-order valence-corrected chi connectivity index (χ2v) is 5.52. The topological polar surface area (TPSA) is 12.0 Å². The van der Waals surface area contributed by atoms with Gasteiger partial charge in [0.2, 0.25) is 0 Å². The highest BCUT2D eigenvalue weighted by Gasteiger charge is 2.12. The molecule has 1 atom stereocenters. The summed E-state index contributed by atoms with van der Waals surface area (Å²) in [5.41, 5.74) is 3.23. The molecular weight excluding hydrogens is 345 g/mol. The lowest BCUT2D eigenvalue weighted by Gasteiger charge is -2.21. The Morgan fingerprint density at radius 3 is 2.26 bits per heavy atom. The van der Waals surface area contributed by atoms with E-state index in [0.29, 0.717) is 0 Å². The summed E-state index contributed by atoms with van der Waals surface area (Å²) >= 11 is 2.31. The highest BCUT2D eigenvalue weighted by Crippen LogP contribution is 2.26. The van der Waals surface area contributed by atoms with E-state index < -0.39 is 0 Å². The van der Waals surface area contributed by atoms with Crippen LogP contribution in [0.3, 0.4) is 0 Å². The smallest absolute Gasteiger partial charge is 0.0761 e. The summed E-state index contributed by atoms with van der Waals surface area (Å²) in [6.45, 7) is 7.91. The molecule has 19 heavy (non-hydrogen) atoms. The second kappa shape index (κ2) is 6.57. The standard InChI is InChI=1S/C17H16IN/c1-3-13(2)17(14-9-11-15(18)12-10-14)19-16-7-5-4-6-8-16/h3-12,17,19H,1-2H2. The lowest BCUT2D eigenvalue weighted by molar-refractivity contribution is 0.943. The van der Waals surface area contributed by atoms with Crippen LogP contribution in [0, 0.1) is 3.57 Å². The first kappa shape index (κ1) is 13.9. The summed E-state index contributed by atoms with van der Waals surface area (Å²) in [6.07, 6.45) is 1.80. The Morgan fingerprint density at radius 2 is 1.68 bits per heavy atom. The van der Waals surface area contributed by atoms with E-state index >= 15 is 0 Å². The van der Waals surface area contributed by atoms with Gasteiger partial charge in [0.25, 0.3) is 0 Å². The van der Waals surface area contributed by atoms with E-state index in [1.54, 1.807) is 6.08 Å². The van der Waals surface area contributed by atoms with Crippen molar-refractivity contribution < 1.29 is 0 Å². The molecule has 0 saturated heterocycles. The zero-order valence-corrected chi connectivity index (χ0v) is 12.8. The van der Waals surface area contributed by atoms with Gasteiger partial charge < -0.3 is 5.32 Å². The highest BCUT2D eigenvalue weighted by atomic mass is 127. The van der Waals surface area contributed by atoms with Crippen LogP contribution in [0.25, 0.3) is 0 Å². The molecule has 0 saturated carbocycles. The number of anilines is 1. The van der Waals surface area contributed by atoms with Gasteiger partial charge in [-0.1, -0.05) is 49.6 Å². The van der Waals surface area contributed by atoms with Crippen LogP contribution in [0.15, 0.2) is 79.4 Å². The molecule has 96 valence electrons. The molecule has 0 fully saturated rings. The fraction of sp³-hybridized carbons (Fsp3) is 0.0588.